The van der Waals surface area contributed by atoms with E-state index in [0.29, 0.717) is 10.8 Å². The van der Waals surface area contributed by atoms with Crippen molar-refractivity contribution >= 4 is 29.4 Å². The van der Waals surface area contributed by atoms with Gasteiger partial charge in [-0.2, -0.15) is 5.10 Å². The number of nitrogens with zero attached hydrogens (tertiary/aromatic N) is 2. The largest absolute Gasteiger partial charge is 0.481 e. The number of amides is 1. The lowest BCUT2D eigenvalue weighted by molar-refractivity contribution is -0.385. The highest BCUT2D eigenvalue weighted by atomic mass is 35.5. The summed E-state index contributed by atoms with van der Waals surface area (Å²) in [5.41, 5.74) is 2.48. The Bertz CT molecular complexity index is 762. The number of nitro benzene ring substituents is 1. The molecule has 0 bridgehead atoms. The lowest BCUT2D eigenvalue weighted by Gasteiger charge is -2.12. The molecule has 1 N–H and O–H groups in total. The highest BCUT2D eigenvalue weighted by molar-refractivity contribution is 6.30. The molecule has 1 atom stereocenters. The smallest absolute Gasteiger partial charge is 0.280 e. The van der Waals surface area contributed by atoms with Gasteiger partial charge in [0.1, 0.15) is 5.75 Å². The third-order valence-electron chi connectivity index (χ3n) is 3.01. The van der Waals surface area contributed by atoms with Gasteiger partial charge < -0.3 is 4.74 Å². The number of hydrogen-bond acceptors (Lipinski definition) is 5. The zero-order valence-corrected chi connectivity index (χ0v) is 13.4. The third kappa shape index (κ3) is 4.79. The number of para-hydroxylation sites is 1. The molecule has 0 aliphatic carbocycles. The Balaban J connectivity index is 1.95. The average molecular weight is 348 g/mol. The molecule has 0 aromatic heterocycles. The summed E-state index contributed by atoms with van der Waals surface area (Å²) in [6.45, 7) is 1.56. The van der Waals surface area contributed by atoms with Gasteiger partial charge in [-0.3, -0.25) is 14.9 Å². The van der Waals surface area contributed by atoms with Crippen LogP contribution in [0.25, 0.3) is 0 Å². The van der Waals surface area contributed by atoms with E-state index >= 15 is 0 Å². The molecule has 2 aromatic rings. The maximum Gasteiger partial charge on any atom is 0.280 e. The zero-order valence-electron chi connectivity index (χ0n) is 12.7. The first kappa shape index (κ1) is 17.4. The van der Waals surface area contributed by atoms with Gasteiger partial charge >= 0.3 is 0 Å². The zero-order chi connectivity index (χ0) is 17.5. The minimum Gasteiger partial charge on any atom is -0.481 e. The van der Waals surface area contributed by atoms with Crippen LogP contribution in [0.3, 0.4) is 0 Å². The first-order chi connectivity index (χ1) is 11.5. The van der Waals surface area contributed by atoms with Gasteiger partial charge in [-0.05, 0) is 37.3 Å². The van der Waals surface area contributed by atoms with Crippen molar-refractivity contribution < 1.29 is 14.5 Å². The van der Waals surface area contributed by atoms with Gasteiger partial charge in [-0.1, -0.05) is 23.7 Å². The number of halogens is 1. The summed E-state index contributed by atoms with van der Waals surface area (Å²) >= 11 is 5.77. The molecule has 2 rings (SSSR count). The number of benzene rings is 2. The molecule has 0 aliphatic heterocycles. The van der Waals surface area contributed by atoms with Crippen LogP contribution in [-0.4, -0.2) is 23.1 Å². The van der Waals surface area contributed by atoms with E-state index in [1.807, 2.05) is 0 Å². The number of carbonyl (C=O) groups is 1. The van der Waals surface area contributed by atoms with Gasteiger partial charge in [-0.25, -0.2) is 5.43 Å². The van der Waals surface area contributed by atoms with Crippen molar-refractivity contribution in [2.75, 3.05) is 0 Å². The van der Waals surface area contributed by atoms with Gasteiger partial charge in [0.2, 0.25) is 0 Å². The fraction of sp³-hybridized carbons (Fsp3) is 0.125. The van der Waals surface area contributed by atoms with E-state index in [2.05, 4.69) is 10.5 Å². The Hall–Kier alpha value is -2.93. The van der Waals surface area contributed by atoms with E-state index in [1.165, 1.54) is 18.3 Å². The Kier molecular flexibility index (Phi) is 5.86. The Morgan fingerprint density at radius 3 is 2.62 bits per heavy atom. The maximum atomic E-state index is 11.9. The Morgan fingerprint density at radius 2 is 1.96 bits per heavy atom. The molecule has 0 spiro atoms. The fourth-order valence-electron chi connectivity index (χ4n) is 1.79. The van der Waals surface area contributed by atoms with Crippen LogP contribution in [0.4, 0.5) is 5.69 Å². The molecule has 0 saturated heterocycles. The van der Waals surface area contributed by atoms with Crippen molar-refractivity contribution in [1.29, 1.82) is 0 Å². The van der Waals surface area contributed by atoms with E-state index in [1.54, 1.807) is 43.3 Å². The second kappa shape index (κ2) is 8.07. The molecule has 0 heterocycles. The van der Waals surface area contributed by atoms with Crippen LogP contribution >= 0.6 is 11.6 Å². The topological polar surface area (TPSA) is 93.8 Å². The molecule has 24 heavy (non-hydrogen) atoms. The molecule has 8 heteroatoms. The van der Waals surface area contributed by atoms with Crippen LogP contribution in [-0.2, 0) is 4.79 Å². The number of ether oxygens (including phenoxy) is 1. The van der Waals surface area contributed by atoms with Gasteiger partial charge in [0.05, 0.1) is 16.7 Å². The SMILES string of the molecule is CC(Oc1ccc(Cl)cc1)C(=O)N/N=C/c1ccccc1[N+](=O)[O-]. The monoisotopic (exact) mass is 347 g/mol. The van der Waals surface area contributed by atoms with Crippen molar-refractivity contribution in [2.24, 2.45) is 5.10 Å². The second-order valence-corrected chi connectivity index (χ2v) is 5.20. The predicted octanol–water partition coefficient (Wildman–Crippen LogP) is 3.17. The van der Waals surface area contributed by atoms with Gasteiger partial charge in [0.15, 0.2) is 6.10 Å². The van der Waals surface area contributed by atoms with Crippen molar-refractivity contribution in [3.05, 3.63) is 69.2 Å². The van der Waals surface area contributed by atoms with Gasteiger partial charge in [0.25, 0.3) is 11.6 Å². The van der Waals surface area contributed by atoms with E-state index in [9.17, 15) is 14.9 Å². The summed E-state index contributed by atoms with van der Waals surface area (Å²) in [4.78, 5) is 22.3. The summed E-state index contributed by atoms with van der Waals surface area (Å²) in [5, 5.41) is 15.2. The highest BCUT2D eigenvalue weighted by Gasteiger charge is 2.14. The van der Waals surface area contributed by atoms with E-state index in [-0.39, 0.29) is 11.3 Å². The highest BCUT2D eigenvalue weighted by Crippen LogP contribution is 2.17. The van der Waals surface area contributed by atoms with Crippen molar-refractivity contribution in [3.63, 3.8) is 0 Å². The van der Waals surface area contributed by atoms with Crippen LogP contribution in [0.15, 0.2) is 53.6 Å². The molecule has 124 valence electrons. The van der Waals surface area contributed by atoms with Gasteiger partial charge in [0, 0.05) is 11.1 Å². The summed E-state index contributed by atoms with van der Waals surface area (Å²) in [6.07, 6.45) is 0.416. The molecule has 0 aliphatic rings. The summed E-state index contributed by atoms with van der Waals surface area (Å²) in [6, 6.07) is 12.7. The number of nitrogens with one attached hydrogen (secondary N) is 1. The van der Waals surface area contributed by atoms with E-state index in [4.69, 9.17) is 16.3 Å². The number of hydrazone groups is 1. The lowest BCUT2D eigenvalue weighted by Crippen LogP contribution is -2.33. The molecule has 7 nitrogen and oxygen atoms in total. The number of carbonyl (C=O) groups excluding carboxylic acids is 1. The maximum absolute atomic E-state index is 11.9. The van der Waals surface area contributed by atoms with E-state index in [0.717, 1.165) is 0 Å². The molecule has 2 aromatic carbocycles. The third-order valence-corrected chi connectivity index (χ3v) is 3.26. The average Bonchev–Trinajstić information content (AvgIpc) is 2.57. The van der Waals surface area contributed by atoms with Crippen LogP contribution in [0.1, 0.15) is 12.5 Å². The van der Waals surface area contributed by atoms with Crippen molar-refractivity contribution in [1.82, 2.24) is 5.43 Å². The number of rotatable bonds is 6. The Morgan fingerprint density at radius 1 is 1.29 bits per heavy atom. The van der Waals surface area contributed by atoms with Crippen LogP contribution in [0, 0.1) is 10.1 Å². The number of hydrogen-bond donors (Lipinski definition) is 1. The summed E-state index contributed by atoms with van der Waals surface area (Å²) in [7, 11) is 0. The molecule has 1 unspecified atom stereocenters. The molecule has 0 fully saturated rings. The van der Waals surface area contributed by atoms with Crippen LogP contribution in [0.2, 0.25) is 5.02 Å². The molecule has 0 radical (unpaired) electrons. The molecule has 0 saturated carbocycles. The quantitative estimate of drug-likeness (QED) is 0.493. The summed E-state index contributed by atoms with van der Waals surface area (Å²) in [5.74, 6) is 0.00418. The molecule has 1 amide bonds. The van der Waals surface area contributed by atoms with Crippen molar-refractivity contribution in [3.8, 4) is 5.75 Å². The lowest BCUT2D eigenvalue weighted by atomic mass is 10.2. The van der Waals surface area contributed by atoms with Crippen molar-refractivity contribution in [2.45, 2.75) is 13.0 Å². The fourth-order valence-corrected chi connectivity index (χ4v) is 1.92. The first-order valence-electron chi connectivity index (χ1n) is 6.96. The normalized spacial score (nSPS) is 11.9. The number of nitro groups is 1. The Labute approximate surface area is 143 Å². The summed E-state index contributed by atoms with van der Waals surface area (Å²) < 4.78 is 5.44. The van der Waals surface area contributed by atoms with Crippen LogP contribution < -0.4 is 10.2 Å². The molecular formula is C16H14ClN3O4. The second-order valence-electron chi connectivity index (χ2n) is 4.76. The minimum absolute atomic E-state index is 0.0963. The minimum atomic E-state index is -0.797. The van der Waals surface area contributed by atoms with E-state index < -0.39 is 16.9 Å². The molecular weight excluding hydrogens is 334 g/mol. The first-order valence-corrected chi connectivity index (χ1v) is 7.33. The van der Waals surface area contributed by atoms with Crippen LogP contribution in [0.5, 0.6) is 5.75 Å². The standard InChI is InChI=1S/C16H14ClN3O4/c1-11(24-14-8-6-13(17)7-9-14)16(21)19-18-10-12-4-2-3-5-15(12)20(22)23/h2-11H,1H3,(H,19,21)/b18-10+. The predicted molar refractivity (Wildman–Crippen MR) is 90.4 cm³/mol. The van der Waals surface area contributed by atoms with Gasteiger partial charge in [-0.15, -0.1) is 0 Å².